The van der Waals surface area contributed by atoms with Gasteiger partial charge in [0.1, 0.15) is 10.1 Å². The Kier molecular flexibility index (Phi) is 3.69. The molecule has 2 heterocycles. The number of thioether (sulfide) groups is 1. The van der Waals surface area contributed by atoms with Crippen molar-refractivity contribution in [1.29, 1.82) is 0 Å². The Morgan fingerprint density at radius 1 is 1.65 bits per heavy atom. The van der Waals surface area contributed by atoms with Crippen molar-refractivity contribution in [1.82, 2.24) is 4.90 Å². The lowest BCUT2D eigenvalue weighted by atomic mass is 10.2. The van der Waals surface area contributed by atoms with Gasteiger partial charge in [-0.2, -0.15) is 0 Å². The van der Waals surface area contributed by atoms with Crippen LogP contribution in [0.5, 0.6) is 0 Å². The highest BCUT2D eigenvalue weighted by Gasteiger charge is 2.34. The van der Waals surface area contributed by atoms with Gasteiger partial charge in [0.15, 0.2) is 0 Å². The van der Waals surface area contributed by atoms with Gasteiger partial charge in [-0.15, -0.1) is 0 Å². The minimum Gasteiger partial charge on any atom is -0.465 e. The molecule has 0 bridgehead atoms. The Morgan fingerprint density at radius 2 is 2.41 bits per heavy atom. The van der Waals surface area contributed by atoms with Crippen LogP contribution in [-0.4, -0.2) is 21.2 Å². The van der Waals surface area contributed by atoms with Crippen LogP contribution < -0.4 is 0 Å². The molecule has 1 aliphatic heterocycles. The van der Waals surface area contributed by atoms with Crippen molar-refractivity contribution in [2.45, 2.75) is 26.3 Å². The fourth-order valence-corrected chi connectivity index (χ4v) is 2.99. The Balaban J connectivity index is 2.24. The average molecular weight is 267 g/mol. The number of carbonyl (C=O) groups excluding carboxylic acids is 1. The van der Waals surface area contributed by atoms with Gasteiger partial charge in [-0.25, -0.2) is 0 Å². The Bertz CT molecular complexity index is 465. The van der Waals surface area contributed by atoms with E-state index in [1.165, 1.54) is 11.8 Å². The summed E-state index contributed by atoms with van der Waals surface area (Å²) in [6.45, 7) is 4.04. The fourth-order valence-electron chi connectivity index (χ4n) is 1.55. The van der Waals surface area contributed by atoms with Crippen molar-refractivity contribution in [3.05, 3.63) is 29.1 Å². The van der Waals surface area contributed by atoms with Gasteiger partial charge in [-0.3, -0.25) is 9.69 Å². The third-order valence-electron chi connectivity index (χ3n) is 2.67. The molecule has 0 aromatic carbocycles. The first kappa shape index (κ1) is 12.4. The number of hydrogen-bond acceptors (Lipinski definition) is 4. The maximum atomic E-state index is 12.2. The Labute approximate surface area is 110 Å². The molecule has 1 aromatic heterocycles. The first-order valence-electron chi connectivity index (χ1n) is 5.44. The average Bonchev–Trinajstić information content (AvgIpc) is 2.89. The number of rotatable bonds is 3. The summed E-state index contributed by atoms with van der Waals surface area (Å²) in [7, 11) is 0. The highest BCUT2D eigenvalue weighted by atomic mass is 32.2. The van der Waals surface area contributed by atoms with Crippen molar-refractivity contribution in [3.63, 3.8) is 0 Å². The number of furan rings is 1. The number of amides is 1. The lowest BCUT2D eigenvalue weighted by Crippen LogP contribution is -2.36. The number of nitrogens with zero attached hydrogens (tertiary/aromatic N) is 1. The highest BCUT2D eigenvalue weighted by molar-refractivity contribution is 8.26. The fraction of sp³-hybridized carbons (Fsp3) is 0.333. The van der Waals surface area contributed by atoms with E-state index in [1.807, 2.05) is 19.9 Å². The van der Waals surface area contributed by atoms with Crippen molar-refractivity contribution in [2.75, 3.05) is 0 Å². The largest absolute Gasteiger partial charge is 0.465 e. The SMILES string of the molecule is CC[C@@H](C)N1C(=O)/C(=C/c2ccco2)SC1=S. The van der Waals surface area contributed by atoms with Gasteiger partial charge >= 0.3 is 0 Å². The maximum absolute atomic E-state index is 12.2. The molecule has 1 fully saturated rings. The van der Waals surface area contributed by atoms with Crippen molar-refractivity contribution in [3.8, 4) is 0 Å². The first-order valence-corrected chi connectivity index (χ1v) is 6.66. The minimum absolute atomic E-state index is 0.0225. The van der Waals surface area contributed by atoms with E-state index in [-0.39, 0.29) is 11.9 Å². The van der Waals surface area contributed by atoms with Crippen molar-refractivity contribution in [2.24, 2.45) is 0 Å². The summed E-state index contributed by atoms with van der Waals surface area (Å²) in [6, 6.07) is 3.75. The van der Waals surface area contributed by atoms with E-state index in [2.05, 4.69) is 0 Å². The van der Waals surface area contributed by atoms with E-state index in [0.717, 1.165) is 6.42 Å². The summed E-state index contributed by atoms with van der Waals surface area (Å²) in [6.07, 6.45) is 4.21. The van der Waals surface area contributed by atoms with Crippen LogP contribution in [0.15, 0.2) is 27.7 Å². The smallest absolute Gasteiger partial charge is 0.266 e. The lowest BCUT2D eigenvalue weighted by Gasteiger charge is -2.21. The van der Waals surface area contributed by atoms with E-state index in [4.69, 9.17) is 16.6 Å². The van der Waals surface area contributed by atoms with Gasteiger partial charge in [-0.1, -0.05) is 30.9 Å². The number of hydrogen-bond donors (Lipinski definition) is 0. The monoisotopic (exact) mass is 267 g/mol. The zero-order valence-corrected chi connectivity index (χ0v) is 11.3. The van der Waals surface area contributed by atoms with E-state index in [0.29, 0.717) is 15.0 Å². The zero-order chi connectivity index (χ0) is 12.4. The van der Waals surface area contributed by atoms with E-state index in [1.54, 1.807) is 23.3 Å². The van der Waals surface area contributed by atoms with Gasteiger partial charge in [0.2, 0.25) is 0 Å². The zero-order valence-electron chi connectivity index (χ0n) is 9.67. The standard InChI is InChI=1S/C12H13NO2S2/c1-3-8(2)13-11(14)10(17-12(13)16)7-9-5-4-6-15-9/h4-8H,3H2,1-2H3/b10-7-/t8-/m1/s1. The Morgan fingerprint density at radius 3 is 3.00 bits per heavy atom. The van der Waals surface area contributed by atoms with Crippen LogP contribution in [0, 0.1) is 0 Å². The molecule has 0 radical (unpaired) electrons. The lowest BCUT2D eigenvalue weighted by molar-refractivity contribution is -0.123. The molecule has 3 nitrogen and oxygen atoms in total. The molecule has 5 heteroatoms. The van der Waals surface area contributed by atoms with Crippen molar-refractivity contribution >= 4 is 40.3 Å². The van der Waals surface area contributed by atoms with Gasteiger partial charge in [0, 0.05) is 12.1 Å². The van der Waals surface area contributed by atoms with Crippen LogP contribution in [0.25, 0.3) is 6.08 Å². The van der Waals surface area contributed by atoms with Crippen LogP contribution in [-0.2, 0) is 4.79 Å². The second-order valence-corrected chi connectivity index (χ2v) is 5.50. The molecule has 0 N–H and O–H groups in total. The van der Waals surface area contributed by atoms with E-state index < -0.39 is 0 Å². The van der Waals surface area contributed by atoms with Crippen LogP contribution in [0.2, 0.25) is 0 Å². The first-order chi connectivity index (χ1) is 8.13. The predicted octanol–water partition coefficient (Wildman–Crippen LogP) is 3.28. The summed E-state index contributed by atoms with van der Waals surface area (Å²) in [5.41, 5.74) is 0. The van der Waals surface area contributed by atoms with Crippen LogP contribution in [0.3, 0.4) is 0 Å². The third-order valence-corrected chi connectivity index (χ3v) is 4.00. The maximum Gasteiger partial charge on any atom is 0.266 e. The third kappa shape index (κ3) is 2.45. The molecule has 0 saturated carbocycles. The second kappa shape index (κ2) is 5.06. The molecule has 0 spiro atoms. The minimum atomic E-state index is -0.0225. The van der Waals surface area contributed by atoms with Gasteiger partial charge in [0.25, 0.3) is 5.91 Å². The summed E-state index contributed by atoms with van der Waals surface area (Å²) < 4.78 is 5.82. The second-order valence-electron chi connectivity index (χ2n) is 3.82. The molecular weight excluding hydrogens is 254 g/mol. The normalized spacial score (nSPS) is 20.4. The van der Waals surface area contributed by atoms with Gasteiger partial charge < -0.3 is 4.42 Å². The molecule has 2 rings (SSSR count). The number of carbonyl (C=O) groups is 1. The molecule has 1 amide bonds. The predicted molar refractivity (Wildman–Crippen MR) is 73.5 cm³/mol. The highest BCUT2D eigenvalue weighted by Crippen LogP contribution is 2.34. The van der Waals surface area contributed by atoms with Crippen LogP contribution in [0.1, 0.15) is 26.0 Å². The van der Waals surface area contributed by atoms with Crippen LogP contribution in [0.4, 0.5) is 0 Å². The topological polar surface area (TPSA) is 33.5 Å². The van der Waals surface area contributed by atoms with Crippen molar-refractivity contribution < 1.29 is 9.21 Å². The summed E-state index contributed by atoms with van der Waals surface area (Å²) in [4.78, 5) is 14.5. The summed E-state index contributed by atoms with van der Waals surface area (Å²) in [5.74, 6) is 0.653. The molecule has 90 valence electrons. The molecule has 1 aliphatic rings. The van der Waals surface area contributed by atoms with Gasteiger partial charge in [0.05, 0.1) is 11.2 Å². The molecule has 1 atom stereocenters. The molecular formula is C12H13NO2S2. The van der Waals surface area contributed by atoms with E-state index in [9.17, 15) is 4.79 Å². The summed E-state index contributed by atoms with van der Waals surface area (Å²) >= 11 is 6.56. The molecule has 0 aliphatic carbocycles. The van der Waals surface area contributed by atoms with Crippen LogP contribution >= 0.6 is 24.0 Å². The van der Waals surface area contributed by atoms with E-state index >= 15 is 0 Å². The Hall–Kier alpha value is -1.07. The summed E-state index contributed by atoms with van der Waals surface area (Å²) in [5, 5.41) is 0. The molecule has 1 saturated heterocycles. The molecule has 1 aromatic rings. The van der Waals surface area contributed by atoms with Gasteiger partial charge in [-0.05, 0) is 25.5 Å². The number of thiocarbonyl (C=S) groups is 1. The molecule has 0 unspecified atom stereocenters. The quantitative estimate of drug-likeness (QED) is 0.621. The molecule has 17 heavy (non-hydrogen) atoms.